The minimum atomic E-state index is -0.419. The van der Waals surface area contributed by atoms with E-state index in [0.29, 0.717) is 23.5 Å². The highest BCUT2D eigenvalue weighted by atomic mass is 16.5. The SMILES string of the molecule is Cn1c(-c2ccc(NC(=O)c3cccc(NC(=O)C4CCCO4)c3)cc2)nc2ccccc21. The normalized spacial score (nSPS) is 15.5. The van der Waals surface area contributed by atoms with E-state index in [-0.39, 0.29) is 11.8 Å². The number of hydrogen-bond donors (Lipinski definition) is 2. The summed E-state index contributed by atoms with van der Waals surface area (Å²) in [6, 6.07) is 22.5. The first kappa shape index (κ1) is 20.9. The molecular weight excluding hydrogens is 416 g/mol. The van der Waals surface area contributed by atoms with E-state index < -0.39 is 6.10 Å². The van der Waals surface area contributed by atoms with Gasteiger partial charge in [-0.15, -0.1) is 0 Å². The van der Waals surface area contributed by atoms with E-state index in [9.17, 15) is 9.59 Å². The van der Waals surface area contributed by atoms with Gasteiger partial charge in [-0.2, -0.15) is 0 Å². The van der Waals surface area contributed by atoms with Gasteiger partial charge >= 0.3 is 0 Å². The highest BCUT2D eigenvalue weighted by molar-refractivity contribution is 6.05. The lowest BCUT2D eigenvalue weighted by Crippen LogP contribution is -2.27. The minimum absolute atomic E-state index is 0.178. The van der Waals surface area contributed by atoms with E-state index in [1.807, 2.05) is 55.6 Å². The summed E-state index contributed by atoms with van der Waals surface area (Å²) in [5.41, 5.74) is 4.68. The zero-order chi connectivity index (χ0) is 22.8. The molecule has 1 fully saturated rings. The van der Waals surface area contributed by atoms with Gasteiger partial charge in [-0.25, -0.2) is 4.98 Å². The number of imidazole rings is 1. The zero-order valence-corrected chi connectivity index (χ0v) is 18.2. The Morgan fingerprint density at radius 2 is 1.79 bits per heavy atom. The van der Waals surface area contributed by atoms with E-state index in [4.69, 9.17) is 9.72 Å². The molecule has 1 aliphatic heterocycles. The monoisotopic (exact) mass is 440 g/mol. The number of amides is 2. The van der Waals surface area contributed by atoms with Crippen molar-refractivity contribution in [1.29, 1.82) is 0 Å². The number of benzene rings is 3. The molecule has 1 aliphatic rings. The second-order valence-electron chi connectivity index (χ2n) is 8.09. The first-order valence-corrected chi connectivity index (χ1v) is 10.9. The van der Waals surface area contributed by atoms with Crippen LogP contribution in [0.3, 0.4) is 0 Å². The van der Waals surface area contributed by atoms with Gasteiger partial charge in [0.1, 0.15) is 11.9 Å². The van der Waals surface area contributed by atoms with Gasteiger partial charge in [-0.05, 0) is 67.4 Å². The van der Waals surface area contributed by atoms with Gasteiger partial charge in [-0.3, -0.25) is 9.59 Å². The highest BCUT2D eigenvalue weighted by Crippen LogP contribution is 2.25. The van der Waals surface area contributed by atoms with Crippen LogP contribution in [0, 0.1) is 0 Å². The fourth-order valence-electron chi connectivity index (χ4n) is 4.05. The van der Waals surface area contributed by atoms with Crippen LogP contribution in [0.5, 0.6) is 0 Å². The van der Waals surface area contributed by atoms with E-state index in [1.165, 1.54) is 0 Å². The number of nitrogens with zero attached hydrogens (tertiary/aromatic N) is 2. The molecule has 3 aromatic carbocycles. The number of anilines is 2. The summed E-state index contributed by atoms with van der Waals surface area (Å²) in [5, 5.41) is 5.74. The van der Waals surface area contributed by atoms with Gasteiger partial charge in [0.15, 0.2) is 0 Å². The van der Waals surface area contributed by atoms with Crippen LogP contribution in [0.1, 0.15) is 23.2 Å². The molecule has 1 saturated heterocycles. The molecule has 0 aliphatic carbocycles. The lowest BCUT2D eigenvalue weighted by molar-refractivity contribution is -0.124. The zero-order valence-electron chi connectivity index (χ0n) is 18.2. The van der Waals surface area contributed by atoms with Gasteiger partial charge in [0, 0.05) is 36.2 Å². The van der Waals surface area contributed by atoms with Crippen LogP contribution in [-0.2, 0) is 16.6 Å². The summed E-state index contributed by atoms with van der Waals surface area (Å²) in [4.78, 5) is 29.8. The third kappa shape index (κ3) is 4.36. The van der Waals surface area contributed by atoms with Crippen molar-refractivity contribution in [2.24, 2.45) is 7.05 Å². The van der Waals surface area contributed by atoms with Crippen molar-refractivity contribution in [1.82, 2.24) is 9.55 Å². The number of hydrogen-bond acceptors (Lipinski definition) is 4. The third-order valence-electron chi connectivity index (χ3n) is 5.80. The summed E-state index contributed by atoms with van der Waals surface area (Å²) in [5.74, 6) is 0.435. The predicted molar refractivity (Wildman–Crippen MR) is 128 cm³/mol. The van der Waals surface area contributed by atoms with Crippen molar-refractivity contribution in [3.05, 3.63) is 78.4 Å². The highest BCUT2D eigenvalue weighted by Gasteiger charge is 2.23. The molecule has 2 heterocycles. The number of nitrogens with one attached hydrogen (secondary N) is 2. The molecule has 0 spiro atoms. The number of carbonyl (C=O) groups excluding carboxylic acids is 2. The first-order chi connectivity index (χ1) is 16.1. The molecule has 0 saturated carbocycles. The number of aryl methyl sites for hydroxylation is 1. The quantitative estimate of drug-likeness (QED) is 0.475. The Hall–Kier alpha value is -3.97. The van der Waals surface area contributed by atoms with Gasteiger partial charge in [-0.1, -0.05) is 18.2 Å². The minimum Gasteiger partial charge on any atom is -0.368 e. The maximum absolute atomic E-state index is 12.8. The maximum Gasteiger partial charge on any atom is 0.255 e. The van der Waals surface area contributed by atoms with Crippen LogP contribution < -0.4 is 10.6 Å². The fourth-order valence-corrected chi connectivity index (χ4v) is 4.05. The molecule has 2 amide bonds. The smallest absolute Gasteiger partial charge is 0.255 e. The Labute approximate surface area is 191 Å². The fraction of sp³-hybridized carbons (Fsp3) is 0.192. The Bertz CT molecular complexity index is 1320. The molecule has 1 aromatic heterocycles. The Kier molecular flexibility index (Phi) is 5.62. The first-order valence-electron chi connectivity index (χ1n) is 10.9. The lowest BCUT2D eigenvalue weighted by atomic mass is 10.1. The average molecular weight is 441 g/mol. The molecule has 166 valence electrons. The molecule has 2 N–H and O–H groups in total. The topological polar surface area (TPSA) is 85.2 Å². The van der Waals surface area contributed by atoms with Crippen LogP contribution in [0.15, 0.2) is 72.8 Å². The van der Waals surface area contributed by atoms with Gasteiger partial charge in [0.05, 0.1) is 11.0 Å². The van der Waals surface area contributed by atoms with Crippen molar-refractivity contribution in [2.75, 3.05) is 17.2 Å². The Morgan fingerprint density at radius 1 is 0.970 bits per heavy atom. The predicted octanol–water partition coefficient (Wildman–Crippen LogP) is 4.61. The molecule has 1 atom stereocenters. The second kappa shape index (κ2) is 8.88. The van der Waals surface area contributed by atoms with Crippen LogP contribution in [0.2, 0.25) is 0 Å². The summed E-state index contributed by atoms with van der Waals surface area (Å²) >= 11 is 0. The number of ether oxygens (including phenoxy) is 1. The maximum atomic E-state index is 12.8. The van der Waals surface area contributed by atoms with E-state index in [2.05, 4.69) is 15.2 Å². The third-order valence-corrected chi connectivity index (χ3v) is 5.80. The number of aromatic nitrogens is 2. The van der Waals surface area contributed by atoms with Crippen molar-refractivity contribution in [3.63, 3.8) is 0 Å². The largest absolute Gasteiger partial charge is 0.368 e. The molecule has 0 bridgehead atoms. The van der Waals surface area contributed by atoms with E-state index in [0.717, 1.165) is 35.3 Å². The Balaban J connectivity index is 1.28. The van der Waals surface area contributed by atoms with E-state index >= 15 is 0 Å². The summed E-state index contributed by atoms with van der Waals surface area (Å²) < 4.78 is 7.47. The van der Waals surface area contributed by atoms with Crippen molar-refractivity contribution < 1.29 is 14.3 Å². The Morgan fingerprint density at radius 3 is 2.55 bits per heavy atom. The number of carbonyl (C=O) groups is 2. The molecule has 7 nitrogen and oxygen atoms in total. The summed E-state index contributed by atoms with van der Waals surface area (Å²) in [7, 11) is 1.99. The number of rotatable bonds is 5. The van der Waals surface area contributed by atoms with Crippen LogP contribution in [0.4, 0.5) is 11.4 Å². The average Bonchev–Trinajstić information content (AvgIpc) is 3.49. The van der Waals surface area contributed by atoms with Crippen molar-refractivity contribution in [3.8, 4) is 11.4 Å². The van der Waals surface area contributed by atoms with Gasteiger partial charge < -0.3 is 19.9 Å². The van der Waals surface area contributed by atoms with Crippen molar-refractivity contribution >= 4 is 34.2 Å². The van der Waals surface area contributed by atoms with Gasteiger partial charge in [0.2, 0.25) is 0 Å². The standard InChI is InChI=1S/C26H24N4O3/c1-30-22-9-3-2-8-21(22)29-24(30)17-11-13-19(14-12-17)27-25(31)18-6-4-7-20(16-18)28-26(32)23-10-5-15-33-23/h2-4,6-9,11-14,16,23H,5,10,15H2,1H3,(H,27,31)(H,28,32). The summed E-state index contributed by atoms with van der Waals surface area (Å²) in [6.07, 6.45) is 1.18. The summed E-state index contributed by atoms with van der Waals surface area (Å²) in [6.45, 7) is 0.607. The number of para-hydroxylation sites is 2. The van der Waals surface area contributed by atoms with Gasteiger partial charge in [0.25, 0.3) is 11.8 Å². The van der Waals surface area contributed by atoms with Crippen molar-refractivity contribution in [2.45, 2.75) is 18.9 Å². The van der Waals surface area contributed by atoms with Crippen LogP contribution >= 0.6 is 0 Å². The molecule has 0 radical (unpaired) electrons. The lowest BCUT2D eigenvalue weighted by Gasteiger charge is -2.12. The van der Waals surface area contributed by atoms with E-state index in [1.54, 1.807) is 24.3 Å². The van der Waals surface area contributed by atoms with Crippen LogP contribution in [-0.4, -0.2) is 34.1 Å². The molecule has 5 rings (SSSR count). The molecule has 4 aromatic rings. The molecule has 33 heavy (non-hydrogen) atoms. The molecule has 7 heteroatoms. The number of fused-ring (bicyclic) bond motifs is 1. The second-order valence-corrected chi connectivity index (χ2v) is 8.09. The molecule has 1 unspecified atom stereocenters. The van der Waals surface area contributed by atoms with Crippen LogP contribution in [0.25, 0.3) is 22.4 Å². The molecular formula is C26H24N4O3.